The molecule has 4 aromatic heterocycles. The van der Waals surface area contributed by atoms with E-state index >= 15 is 0 Å². The first-order valence-corrected chi connectivity index (χ1v) is 36.4. The standard InChI is InChI=1S/C99H70N4/c1-5-61-24-13-16-36-74(61)96-62(6-2)27-23-40-77(96)69-29-22-35-73(53-69)103-91-51-45-64-26-15-18-38-76(64)98(91)85-58-83-81-55-67(46-49-89(81)101(93(83)60-95(85)103)71-32-11-8-12-33-71)68-42-47-78-80-54-66(43-48-86(80)99(3,4)87(78)56-68)65-28-21-34-72(52-65)102-90-50-44-63-25-14-17-37-75(63)97(90)84-57-82-79-39-19-20-41-88(79)100(92(82)59-94(84)102)70-30-9-7-10-31-70/h7-60H,5-6H2,1-4H3. The summed E-state index contributed by atoms with van der Waals surface area (Å²) in [6.45, 7) is 9.37. The maximum absolute atomic E-state index is 2.53. The minimum Gasteiger partial charge on any atom is -0.309 e. The maximum atomic E-state index is 2.53. The summed E-state index contributed by atoms with van der Waals surface area (Å²) < 4.78 is 9.97. The van der Waals surface area contributed by atoms with Crippen LogP contribution in [0.5, 0.6) is 0 Å². The molecule has 0 bridgehead atoms. The van der Waals surface area contributed by atoms with E-state index in [-0.39, 0.29) is 5.41 Å². The highest BCUT2D eigenvalue weighted by Crippen LogP contribution is 2.52. The minimum absolute atomic E-state index is 0.238. The van der Waals surface area contributed by atoms with Crippen LogP contribution in [0.15, 0.2) is 328 Å². The third-order valence-electron chi connectivity index (χ3n) is 23.1. The van der Waals surface area contributed by atoms with Gasteiger partial charge in [0.25, 0.3) is 0 Å². The van der Waals surface area contributed by atoms with Gasteiger partial charge in [-0.2, -0.15) is 0 Å². The van der Waals surface area contributed by atoms with E-state index in [1.54, 1.807) is 0 Å². The number of aryl methyl sites for hydroxylation is 2. The summed E-state index contributed by atoms with van der Waals surface area (Å²) in [4.78, 5) is 0. The molecule has 4 heterocycles. The Hall–Kier alpha value is -12.8. The molecule has 0 N–H and O–H groups in total. The summed E-state index contributed by atoms with van der Waals surface area (Å²) in [6.07, 6.45) is 1.92. The number of hydrogen-bond acceptors (Lipinski definition) is 0. The number of aromatic nitrogens is 4. The quantitative estimate of drug-likeness (QED) is 0.130. The van der Waals surface area contributed by atoms with Gasteiger partial charge in [0, 0.05) is 71.3 Å². The van der Waals surface area contributed by atoms with Gasteiger partial charge in [0.05, 0.1) is 44.1 Å². The van der Waals surface area contributed by atoms with Crippen LogP contribution in [0.25, 0.3) is 187 Å². The number of nitrogens with zero attached hydrogens (tertiary/aromatic N) is 4. The molecule has 20 aromatic rings. The number of para-hydroxylation sites is 3. The molecule has 0 saturated carbocycles. The highest BCUT2D eigenvalue weighted by molar-refractivity contribution is 6.27. The Morgan fingerprint density at radius 2 is 0.680 bits per heavy atom. The second-order valence-corrected chi connectivity index (χ2v) is 28.8. The topological polar surface area (TPSA) is 19.7 Å². The lowest BCUT2D eigenvalue weighted by atomic mass is 9.81. The molecule has 103 heavy (non-hydrogen) atoms. The normalized spacial score (nSPS) is 12.8. The summed E-state index contributed by atoms with van der Waals surface area (Å²) in [5.41, 5.74) is 31.7. The fourth-order valence-corrected chi connectivity index (χ4v) is 18.3. The average molecular weight is 1320 g/mol. The molecular formula is C99H70N4. The van der Waals surface area contributed by atoms with E-state index < -0.39 is 0 Å². The summed E-state index contributed by atoms with van der Waals surface area (Å²) in [5.74, 6) is 0. The summed E-state index contributed by atoms with van der Waals surface area (Å²) >= 11 is 0. The van der Waals surface area contributed by atoms with Crippen LogP contribution in [0.3, 0.4) is 0 Å². The van der Waals surface area contributed by atoms with Crippen molar-refractivity contribution in [1.29, 1.82) is 0 Å². The van der Waals surface area contributed by atoms with Gasteiger partial charge in [-0.05, 0) is 228 Å². The first-order chi connectivity index (χ1) is 50.8. The highest BCUT2D eigenvalue weighted by Gasteiger charge is 2.36. The zero-order valence-corrected chi connectivity index (χ0v) is 57.9. The summed E-state index contributed by atoms with van der Waals surface area (Å²) in [5, 5.41) is 15.0. The summed E-state index contributed by atoms with van der Waals surface area (Å²) in [6, 6.07) is 124. The van der Waals surface area contributed by atoms with Gasteiger partial charge in [-0.3, -0.25) is 0 Å². The van der Waals surface area contributed by atoms with Crippen molar-refractivity contribution >= 4 is 109 Å². The Kier molecular flexibility index (Phi) is 13.0. The molecule has 1 aliphatic rings. The van der Waals surface area contributed by atoms with Gasteiger partial charge in [0.15, 0.2) is 0 Å². The van der Waals surface area contributed by atoms with Crippen molar-refractivity contribution in [3.63, 3.8) is 0 Å². The molecule has 0 radical (unpaired) electrons. The van der Waals surface area contributed by atoms with E-state index in [0.29, 0.717) is 0 Å². The summed E-state index contributed by atoms with van der Waals surface area (Å²) in [7, 11) is 0. The fraction of sp³-hybridized carbons (Fsp3) is 0.0707. The van der Waals surface area contributed by atoms with Crippen LogP contribution in [0.1, 0.15) is 49.9 Å². The van der Waals surface area contributed by atoms with Gasteiger partial charge in [-0.25, -0.2) is 0 Å². The molecule has 0 amide bonds. The molecule has 0 atom stereocenters. The van der Waals surface area contributed by atoms with Crippen molar-refractivity contribution in [2.24, 2.45) is 0 Å². The van der Waals surface area contributed by atoms with Crippen molar-refractivity contribution in [3.05, 3.63) is 350 Å². The van der Waals surface area contributed by atoms with Crippen LogP contribution in [0.2, 0.25) is 0 Å². The highest BCUT2D eigenvalue weighted by atomic mass is 15.0. The first-order valence-electron chi connectivity index (χ1n) is 36.4. The molecule has 0 aliphatic heterocycles. The van der Waals surface area contributed by atoms with Gasteiger partial charge in [-0.1, -0.05) is 240 Å². The van der Waals surface area contributed by atoms with E-state index in [4.69, 9.17) is 0 Å². The molecule has 21 rings (SSSR count). The van der Waals surface area contributed by atoms with Crippen molar-refractivity contribution in [2.75, 3.05) is 0 Å². The molecule has 16 aromatic carbocycles. The Morgan fingerprint density at radius 3 is 1.34 bits per heavy atom. The fourth-order valence-electron chi connectivity index (χ4n) is 18.3. The number of benzene rings is 16. The van der Waals surface area contributed by atoms with Gasteiger partial charge < -0.3 is 18.3 Å². The Morgan fingerprint density at radius 1 is 0.233 bits per heavy atom. The van der Waals surface area contributed by atoms with Gasteiger partial charge in [0.2, 0.25) is 0 Å². The minimum atomic E-state index is -0.238. The molecule has 0 spiro atoms. The van der Waals surface area contributed by atoms with Crippen LogP contribution in [0, 0.1) is 0 Å². The first kappa shape index (κ1) is 59.1. The molecule has 486 valence electrons. The van der Waals surface area contributed by atoms with Crippen molar-refractivity contribution in [3.8, 4) is 78.4 Å². The van der Waals surface area contributed by atoms with Crippen LogP contribution in [-0.4, -0.2) is 18.3 Å². The lowest BCUT2D eigenvalue weighted by Gasteiger charge is -2.22. The molecule has 4 nitrogen and oxygen atoms in total. The van der Waals surface area contributed by atoms with E-state index in [9.17, 15) is 0 Å². The smallest absolute Gasteiger partial charge is 0.0562 e. The average Bonchev–Trinajstić information content (AvgIpc) is 1.56. The Labute approximate surface area is 597 Å². The lowest BCUT2D eigenvalue weighted by Crippen LogP contribution is -2.15. The van der Waals surface area contributed by atoms with E-state index in [1.807, 2.05) is 0 Å². The number of rotatable bonds is 10. The third kappa shape index (κ3) is 8.77. The second kappa shape index (κ2) is 22.6. The third-order valence-corrected chi connectivity index (χ3v) is 23.1. The molecule has 0 unspecified atom stereocenters. The van der Waals surface area contributed by atoms with Crippen molar-refractivity contribution in [2.45, 2.75) is 46.0 Å². The van der Waals surface area contributed by atoms with Gasteiger partial charge in [0.1, 0.15) is 0 Å². The number of fused-ring (bicyclic) bond motifs is 19. The largest absolute Gasteiger partial charge is 0.309 e. The molecular weight excluding hydrogens is 1250 g/mol. The Bertz CT molecular complexity index is 6970. The van der Waals surface area contributed by atoms with Crippen LogP contribution in [0.4, 0.5) is 0 Å². The van der Waals surface area contributed by atoms with Crippen molar-refractivity contribution < 1.29 is 0 Å². The van der Waals surface area contributed by atoms with Crippen LogP contribution >= 0.6 is 0 Å². The van der Waals surface area contributed by atoms with Gasteiger partial charge in [-0.15, -0.1) is 0 Å². The molecule has 1 aliphatic carbocycles. The Balaban J connectivity index is 0.695. The van der Waals surface area contributed by atoms with Gasteiger partial charge >= 0.3 is 0 Å². The van der Waals surface area contributed by atoms with E-state index in [0.717, 1.165) is 35.6 Å². The maximum Gasteiger partial charge on any atom is 0.0562 e. The molecule has 0 saturated heterocycles. The lowest BCUT2D eigenvalue weighted by molar-refractivity contribution is 0.660. The van der Waals surface area contributed by atoms with E-state index in [2.05, 4.69) is 374 Å². The monoisotopic (exact) mass is 1310 g/mol. The predicted molar refractivity (Wildman–Crippen MR) is 437 cm³/mol. The van der Waals surface area contributed by atoms with Crippen LogP contribution < -0.4 is 0 Å². The second-order valence-electron chi connectivity index (χ2n) is 28.8. The SMILES string of the molecule is CCc1ccccc1-c1c(CC)cccc1-c1cccc(-n2c3cc4c(cc3c3c5ccccc5ccc32)c2cc(-c3ccc5c(c3)C(C)(C)c3ccc(-c6cccc(-n7c8cc9c(cc8c8c%10ccccc%10ccc87)c7ccccc7n9-c7ccccc7)c6)cc3-5)ccc2n4-c2ccccc2)c1. The zero-order chi connectivity index (χ0) is 68.3. The van der Waals surface area contributed by atoms with Crippen LogP contribution in [-0.2, 0) is 18.3 Å². The zero-order valence-electron chi connectivity index (χ0n) is 57.9. The predicted octanol–water partition coefficient (Wildman–Crippen LogP) is 26.5. The van der Waals surface area contributed by atoms with Crippen molar-refractivity contribution in [1.82, 2.24) is 18.3 Å². The molecule has 4 heteroatoms. The number of hydrogen-bond donors (Lipinski definition) is 0. The van der Waals surface area contributed by atoms with E-state index in [1.165, 1.54) is 187 Å². The molecule has 0 fully saturated rings.